The fourth-order valence-corrected chi connectivity index (χ4v) is 3.96. The standard InChI is InChI=1S/C21H24O5/c1-5-17-15-6-12-9-25-10-13(12)7-16(15)19-14(11-26-17)8-18(22-2)20(23-3)21(19)24-4/h6-8,17H,5,9-11H2,1-4H3/t17-/m1/s1. The van der Waals surface area contributed by atoms with E-state index in [4.69, 9.17) is 23.7 Å². The van der Waals surface area contributed by atoms with Crippen LogP contribution in [0.2, 0.25) is 0 Å². The first kappa shape index (κ1) is 17.2. The second-order valence-corrected chi connectivity index (χ2v) is 6.59. The number of methoxy groups -OCH3 is 3. The van der Waals surface area contributed by atoms with Crippen LogP contribution in [-0.2, 0) is 29.3 Å². The van der Waals surface area contributed by atoms with Crippen LogP contribution in [0.3, 0.4) is 0 Å². The van der Waals surface area contributed by atoms with Gasteiger partial charge in [0.05, 0.1) is 47.3 Å². The Hall–Kier alpha value is -2.24. The fraction of sp³-hybridized carbons (Fsp3) is 0.429. The van der Waals surface area contributed by atoms with E-state index in [9.17, 15) is 0 Å². The lowest BCUT2D eigenvalue weighted by molar-refractivity contribution is 0.0394. The summed E-state index contributed by atoms with van der Waals surface area (Å²) in [5.41, 5.74) is 6.84. The maximum absolute atomic E-state index is 6.24. The fourth-order valence-electron chi connectivity index (χ4n) is 3.96. The van der Waals surface area contributed by atoms with E-state index in [1.165, 1.54) is 16.7 Å². The molecule has 138 valence electrons. The largest absolute Gasteiger partial charge is 0.493 e. The van der Waals surface area contributed by atoms with E-state index in [0.29, 0.717) is 37.1 Å². The Morgan fingerprint density at radius 1 is 0.885 bits per heavy atom. The third-order valence-corrected chi connectivity index (χ3v) is 5.23. The predicted molar refractivity (Wildman–Crippen MR) is 97.8 cm³/mol. The minimum Gasteiger partial charge on any atom is -0.493 e. The predicted octanol–water partition coefficient (Wildman–Crippen LogP) is 4.39. The van der Waals surface area contributed by atoms with Crippen LogP contribution in [0.1, 0.15) is 41.7 Å². The van der Waals surface area contributed by atoms with Crippen molar-refractivity contribution in [2.24, 2.45) is 0 Å². The van der Waals surface area contributed by atoms with Crippen molar-refractivity contribution in [3.8, 4) is 28.4 Å². The highest BCUT2D eigenvalue weighted by Crippen LogP contribution is 2.51. The molecular weight excluding hydrogens is 332 g/mol. The third kappa shape index (κ3) is 2.54. The average Bonchev–Trinajstić information content (AvgIpc) is 3.07. The van der Waals surface area contributed by atoms with E-state index >= 15 is 0 Å². The number of ether oxygens (including phenoxy) is 5. The Kier molecular flexibility index (Phi) is 4.51. The molecule has 0 saturated heterocycles. The van der Waals surface area contributed by atoms with Gasteiger partial charge in [0, 0.05) is 5.56 Å². The summed E-state index contributed by atoms with van der Waals surface area (Å²) in [6.07, 6.45) is 0.932. The summed E-state index contributed by atoms with van der Waals surface area (Å²) in [6, 6.07) is 6.45. The number of hydrogen-bond acceptors (Lipinski definition) is 5. The summed E-state index contributed by atoms with van der Waals surface area (Å²) in [4.78, 5) is 0. The molecule has 0 amide bonds. The smallest absolute Gasteiger partial charge is 0.203 e. The molecule has 0 unspecified atom stereocenters. The topological polar surface area (TPSA) is 46.2 Å². The van der Waals surface area contributed by atoms with Crippen LogP contribution in [0.25, 0.3) is 11.1 Å². The molecule has 0 saturated carbocycles. The van der Waals surface area contributed by atoms with Gasteiger partial charge in [0.2, 0.25) is 5.75 Å². The number of hydrogen-bond donors (Lipinski definition) is 0. The van der Waals surface area contributed by atoms with Crippen molar-refractivity contribution in [1.29, 1.82) is 0 Å². The molecule has 1 atom stereocenters. The Bertz CT molecular complexity index is 843. The lowest BCUT2D eigenvalue weighted by atomic mass is 9.89. The van der Waals surface area contributed by atoms with Gasteiger partial charge in [-0.05, 0) is 52.4 Å². The molecule has 0 N–H and O–H groups in total. The van der Waals surface area contributed by atoms with Gasteiger partial charge < -0.3 is 23.7 Å². The van der Waals surface area contributed by atoms with E-state index in [0.717, 1.165) is 23.1 Å². The second kappa shape index (κ2) is 6.82. The van der Waals surface area contributed by atoms with Crippen molar-refractivity contribution in [1.82, 2.24) is 0 Å². The Balaban J connectivity index is 2.04. The maximum Gasteiger partial charge on any atom is 0.203 e. The molecule has 5 heteroatoms. The molecule has 4 rings (SSSR count). The molecule has 26 heavy (non-hydrogen) atoms. The summed E-state index contributed by atoms with van der Waals surface area (Å²) in [5, 5.41) is 0. The van der Waals surface area contributed by atoms with Crippen LogP contribution >= 0.6 is 0 Å². The minimum absolute atomic E-state index is 0.0324. The second-order valence-electron chi connectivity index (χ2n) is 6.59. The van der Waals surface area contributed by atoms with Gasteiger partial charge in [-0.2, -0.15) is 0 Å². The van der Waals surface area contributed by atoms with Crippen molar-refractivity contribution in [2.45, 2.75) is 39.3 Å². The van der Waals surface area contributed by atoms with Crippen LogP contribution in [0.4, 0.5) is 0 Å². The summed E-state index contributed by atoms with van der Waals surface area (Å²) >= 11 is 0. The molecule has 0 fully saturated rings. The monoisotopic (exact) mass is 356 g/mol. The van der Waals surface area contributed by atoms with Gasteiger partial charge in [-0.25, -0.2) is 0 Å². The molecule has 0 aromatic heterocycles. The average molecular weight is 356 g/mol. The van der Waals surface area contributed by atoms with Gasteiger partial charge in [0.15, 0.2) is 11.5 Å². The van der Waals surface area contributed by atoms with Crippen LogP contribution in [0.5, 0.6) is 17.2 Å². The Labute approximate surface area is 153 Å². The molecule has 2 aliphatic heterocycles. The molecule has 5 nitrogen and oxygen atoms in total. The van der Waals surface area contributed by atoms with Crippen molar-refractivity contribution in [3.63, 3.8) is 0 Å². The van der Waals surface area contributed by atoms with Gasteiger partial charge in [0.25, 0.3) is 0 Å². The molecule has 2 aliphatic rings. The Morgan fingerprint density at radius 2 is 1.62 bits per heavy atom. The first-order chi connectivity index (χ1) is 12.7. The van der Waals surface area contributed by atoms with Crippen molar-refractivity contribution in [3.05, 3.63) is 40.5 Å². The van der Waals surface area contributed by atoms with Crippen molar-refractivity contribution < 1.29 is 23.7 Å². The highest BCUT2D eigenvalue weighted by molar-refractivity contribution is 5.83. The maximum atomic E-state index is 6.24. The van der Waals surface area contributed by atoms with Gasteiger partial charge >= 0.3 is 0 Å². The first-order valence-corrected chi connectivity index (χ1v) is 8.89. The molecule has 2 aromatic rings. The van der Waals surface area contributed by atoms with Crippen LogP contribution < -0.4 is 14.2 Å². The summed E-state index contributed by atoms with van der Waals surface area (Å²) in [5.74, 6) is 1.93. The molecule has 0 spiro atoms. The number of benzene rings is 2. The highest BCUT2D eigenvalue weighted by Gasteiger charge is 2.30. The van der Waals surface area contributed by atoms with Crippen LogP contribution in [-0.4, -0.2) is 21.3 Å². The van der Waals surface area contributed by atoms with Gasteiger partial charge in [0.1, 0.15) is 0 Å². The quantitative estimate of drug-likeness (QED) is 0.813. The minimum atomic E-state index is 0.0324. The zero-order chi connectivity index (χ0) is 18.3. The molecule has 2 heterocycles. The summed E-state index contributed by atoms with van der Waals surface area (Å²) in [6.45, 7) is 3.95. The number of fused-ring (bicyclic) bond motifs is 4. The van der Waals surface area contributed by atoms with E-state index in [-0.39, 0.29) is 6.10 Å². The Morgan fingerprint density at radius 3 is 2.27 bits per heavy atom. The van der Waals surface area contributed by atoms with E-state index in [2.05, 4.69) is 19.1 Å². The molecule has 0 aliphatic carbocycles. The van der Waals surface area contributed by atoms with Gasteiger partial charge in [-0.1, -0.05) is 6.92 Å². The zero-order valence-corrected chi connectivity index (χ0v) is 15.7. The van der Waals surface area contributed by atoms with Crippen molar-refractivity contribution >= 4 is 0 Å². The van der Waals surface area contributed by atoms with E-state index in [1.807, 2.05) is 6.07 Å². The molecule has 2 aromatic carbocycles. The molecule has 0 bridgehead atoms. The summed E-state index contributed by atoms with van der Waals surface area (Å²) < 4.78 is 28.8. The lowest BCUT2D eigenvalue weighted by Crippen LogP contribution is -2.03. The molecular formula is C21H24O5. The zero-order valence-electron chi connectivity index (χ0n) is 15.7. The lowest BCUT2D eigenvalue weighted by Gasteiger charge is -2.20. The van der Waals surface area contributed by atoms with Crippen LogP contribution in [0.15, 0.2) is 18.2 Å². The highest BCUT2D eigenvalue weighted by atomic mass is 16.5. The van der Waals surface area contributed by atoms with Gasteiger partial charge in [-0.15, -0.1) is 0 Å². The normalized spacial score (nSPS) is 17.8. The molecule has 0 radical (unpaired) electrons. The number of rotatable bonds is 4. The third-order valence-electron chi connectivity index (χ3n) is 5.23. The van der Waals surface area contributed by atoms with Gasteiger partial charge in [-0.3, -0.25) is 0 Å². The van der Waals surface area contributed by atoms with Crippen molar-refractivity contribution in [2.75, 3.05) is 21.3 Å². The SMILES string of the molecule is CC[C@H]1OCc2cc(OC)c(OC)c(OC)c2-c2cc3c(cc21)COC3. The van der Waals surface area contributed by atoms with Crippen LogP contribution in [0, 0.1) is 0 Å². The van der Waals surface area contributed by atoms with E-state index in [1.54, 1.807) is 21.3 Å². The van der Waals surface area contributed by atoms with E-state index < -0.39 is 0 Å². The summed E-state index contributed by atoms with van der Waals surface area (Å²) in [7, 11) is 4.93. The first-order valence-electron chi connectivity index (χ1n) is 8.89.